The monoisotopic (exact) mass is 456 g/mol. The van der Waals surface area contributed by atoms with Crippen molar-refractivity contribution in [2.45, 2.75) is 24.7 Å². The molecule has 0 radical (unpaired) electrons. The van der Waals surface area contributed by atoms with E-state index in [-0.39, 0.29) is 22.4 Å². The molecule has 0 spiro atoms. The molecule has 4 rings (SSSR count). The summed E-state index contributed by atoms with van der Waals surface area (Å²) in [7, 11) is -2.02. The van der Waals surface area contributed by atoms with Crippen molar-refractivity contribution in [1.82, 2.24) is 14.5 Å². The van der Waals surface area contributed by atoms with Crippen LogP contribution in [0.3, 0.4) is 0 Å². The van der Waals surface area contributed by atoms with Gasteiger partial charge < -0.3 is 9.15 Å². The first-order valence-electron chi connectivity index (χ1n) is 10.3. The fraction of sp³-hybridized carbons (Fsp3) is 0.318. The molecule has 1 fully saturated rings. The highest BCUT2D eigenvalue weighted by Crippen LogP contribution is 2.25. The summed E-state index contributed by atoms with van der Waals surface area (Å²) in [5.74, 6) is 0.720. The van der Waals surface area contributed by atoms with E-state index in [2.05, 4.69) is 15.5 Å². The molecule has 1 aromatic heterocycles. The third-order valence-corrected chi connectivity index (χ3v) is 7.22. The molecule has 0 aliphatic carbocycles. The van der Waals surface area contributed by atoms with E-state index in [9.17, 15) is 13.2 Å². The highest BCUT2D eigenvalue weighted by Gasteiger charge is 2.28. The minimum Gasteiger partial charge on any atom is -0.497 e. The van der Waals surface area contributed by atoms with Crippen LogP contribution < -0.4 is 10.1 Å². The van der Waals surface area contributed by atoms with Crippen LogP contribution in [0.15, 0.2) is 57.8 Å². The Morgan fingerprint density at radius 3 is 2.69 bits per heavy atom. The van der Waals surface area contributed by atoms with Gasteiger partial charge in [0, 0.05) is 24.2 Å². The Morgan fingerprint density at radius 2 is 1.97 bits per heavy atom. The number of benzene rings is 2. The van der Waals surface area contributed by atoms with Gasteiger partial charge in [0.2, 0.25) is 15.9 Å². The van der Waals surface area contributed by atoms with Gasteiger partial charge in [0.05, 0.1) is 12.0 Å². The quantitative estimate of drug-likeness (QED) is 0.604. The van der Waals surface area contributed by atoms with Gasteiger partial charge in [-0.05, 0) is 61.2 Å². The van der Waals surface area contributed by atoms with Gasteiger partial charge in [-0.1, -0.05) is 18.1 Å². The van der Waals surface area contributed by atoms with E-state index in [4.69, 9.17) is 9.15 Å². The summed E-state index contributed by atoms with van der Waals surface area (Å²) >= 11 is 0. The normalized spacial score (nSPS) is 17.1. The number of sulfonamides is 1. The Balaban J connectivity index is 1.45. The molecule has 1 amide bonds. The zero-order valence-electron chi connectivity index (χ0n) is 17.8. The van der Waals surface area contributed by atoms with Gasteiger partial charge in [0.15, 0.2) is 0 Å². The van der Waals surface area contributed by atoms with Crippen molar-refractivity contribution in [3.8, 4) is 17.2 Å². The Morgan fingerprint density at radius 1 is 1.19 bits per heavy atom. The second kappa shape index (κ2) is 9.09. The summed E-state index contributed by atoms with van der Waals surface area (Å²) in [6.45, 7) is 3.07. The number of amides is 1. The van der Waals surface area contributed by atoms with Gasteiger partial charge in [0.25, 0.3) is 5.91 Å². The predicted molar refractivity (Wildman–Crippen MR) is 118 cm³/mol. The predicted octanol–water partition coefficient (Wildman–Crippen LogP) is 3.42. The third kappa shape index (κ3) is 4.66. The van der Waals surface area contributed by atoms with Crippen LogP contribution in [0.4, 0.5) is 6.01 Å². The molecule has 10 heteroatoms. The first kappa shape index (κ1) is 22.0. The zero-order chi connectivity index (χ0) is 22.7. The minimum absolute atomic E-state index is 0.0631. The standard InChI is InChI=1S/C22H24N4O5S/c1-15-5-4-12-26(14-15)32(28,29)19-10-8-16(9-11-19)20(27)23-22-25-24-21(31-22)17-6-3-7-18(13-17)30-2/h3,6-11,13,15H,4-5,12,14H2,1-2H3,(H,23,25,27). The molecule has 2 heterocycles. The lowest BCUT2D eigenvalue weighted by molar-refractivity contribution is 0.102. The van der Waals surface area contributed by atoms with E-state index in [1.54, 1.807) is 31.4 Å². The fourth-order valence-electron chi connectivity index (χ4n) is 3.61. The van der Waals surface area contributed by atoms with E-state index in [1.165, 1.54) is 28.6 Å². The number of anilines is 1. The van der Waals surface area contributed by atoms with Crippen molar-refractivity contribution < 1.29 is 22.4 Å². The van der Waals surface area contributed by atoms with Gasteiger partial charge in [-0.15, -0.1) is 5.10 Å². The van der Waals surface area contributed by atoms with Crippen molar-refractivity contribution in [2.75, 3.05) is 25.5 Å². The van der Waals surface area contributed by atoms with Gasteiger partial charge in [-0.2, -0.15) is 4.31 Å². The number of aromatic nitrogens is 2. The molecule has 0 saturated carbocycles. The van der Waals surface area contributed by atoms with E-state index >= 15 is 0 Å². The molecule has 1 atom stereocenters. The van der Waals surface area contributed by atoms with E-state index < -0.39 is 15.9 Å². The van der Waals surface area contributed by atoms with Crippen LogP contribution in [0, 0.1) is 5.92 Å². The van der Waals surface area contributed by atoms with Crippen LogP contribution in [0.25, 0.3) is 11.5 Å². The molecule has 3 aromatic rings. The van der Waals surface area contributed by atoms with Crippen molar-refractivity contribution in [3.63, 3.8) is 0 Å². The van der Waals surface area contributed by atoms with E-state index in [1.807, 2.05) is 6.92 Å². The molecule has 1 saturated heterocycles. The summed E-state index contributed by atoms with van der Waals surface area (Å²) in [5, 5.41) is 10.3. The zero-order valence-corrected chi connectivity index (χ0v) is 18.6. The molecular weight excluding hydrogens is 432 g/mol. The lowest BCUT2D eigenvalue weighted by Gasteiger charge is -2.30. The second-order valence-corrected chi connectivity index (χ2v) is 9.67. The third-order valence-electron chi connectivity index (χ3n) is 5.34. The van der Waals surface area contributed by atoms with E-state index in [0.29, 0.717) is 30.3 Å². The van der Waals surface area contributed by atoms with E-state index in [0.717, 1.165) is 12.8 Å². The largest absolute Gasteiger partial charge is 0.497 e. The fourth-order valence-corrected chi connectivity index (χ4v) is 5.21. The summed E-state index contributed by atoms with van der Waals surface area (Å²) in [6.07, 6.45) is 1.88. The molecule has 168 valence electrons. The topological polar surface area (TPSA) is 115 Å². The van der Waals surface area contributed by atoms with Crippen molar-refractivity contribution >= 4 is 21.9 Å². The molecule has 0 bridgehead atoms. The SMILES string of the molecule is COc1cccc(-c2nnc(NC(=O)c3ccc(S(=O)(=O)N4CCCC(C)C4)cc3)o2)c1. The first-order valence-corrected chi connectivity index (χ1v) is 11.7. The van der Waals surface area contributed by atoms with Crippen LogP contribution in [0.2, 0.25) is 0 Å². The van der Waals surface area contributed by atoms with Crippen molar-refractivity contribution in [2.24, 2.45) is 5.92 Å². The maximum atomic E-state index is 12.9. The summed E-state index contributed by atoms with van der Waals surface area (Å²) in [6, 6.07) is 12.9. The number of methoxy groups -OCH3 is 1. The Hall–Kier alpha value is -3.24. The van der Waals surface area contributed by atoms with Crippen LogP contribution in [-0.2, 0) is 10.0 Å². The average molecular weight is 457 g/mol. The number of carbonyl (C=O) groups is 1. The van der Waals surface area contributed by atoms with Gasteiger partial charge in [-0.25, -0.2) is 8.42 Å². The summed E-state index contributed by atoms with van der Waals surface area (Å²) < 4.78 is 37.9. The molecular formula is C22H24N4O5S. The number of rotatable bonds is 6. The van der Waals surface area contributed by atoms with Crippen LogP contribution >= 0.6 is 0 Å². The number of hydrogen-bond acceptors (Lipinski definition) is 7. The van der Waals surface area contributed by atoms with Gasteiger partial charge in [0.1, 0.15) is 5.75 Å². The maximum Gasteiger partial charge on any atom is 0.322 e. The Bertz CT molecular complexity index is 1210. The number of ether oxygens (including phenoxy) is 1. The van der Waals surface area contributed by atoms with Gasteiger partial charge >= 0.3 is 6.01 Å². The van der Waals surface area contributed by atoms with Crippen molar-refractivity contribution in [1.29, 1.82) is 0 Å². The molecule has 1 aliphatic rings. The molecule has 1 unspecified atom stereocenters. The lowest BCUT2D eigenvalue weighted by Crippen LogP contribution is -2.39. The summed E-state index contributed by atoms with van der Waals surface area (Å²) in [5.41, 5.74) is 0.927. The first-order chi connectivity index (χ1) is 15.4. The van der Waals surface area contributed by atoms with Crippen LogP contribution in [0.1, 0.15) is 30.1 Å². The molecule has 1 aliphatic heterocycles. The maximum absolute atomic E-state index is 12.9. The molecule has 2 aromatic carbocycles. The number of nitrogens with one attached hydrogen (secondary N) is 1. The highest BCUT2D eigenvalue weighted by molar-refractivity contribution is 7.89. The van der Waals surface area contributed by atoms with Gasteiger partial charge in [-0.3, -0.25) is 10.1 Å². The Labute approximate surface area is 186 Å². The van der Waals surface area contributed by atoms with Crippen LogP contribution in [0.5, 0.6) is 5.75 Å². The Kier molecular flexibility index (Phi) is 6.24. The van der Waals surface area contributed by atoms with Crippen LogP contribution in [-0.4, -0.2) is 49.0 Å². The number of nitrogens with zero attached hydrogens (tertiary/aromatic N) is 3. The van der Waals surface area contributed by atoms with Crippen molar-refractivity contribution in [3.05, 3.63) is 54.1 Å². The number of piperidine rings is 1. The average Bonchev–Trinajstić information content (AvgIpc) is 3.27. The minimum atomic E-state index is -3.58. The molecule has 9 nitrogen and oxygen atoms in total. The molecule has 32 heavy (non-hydrogen) atoms. The number of hydrogen-bond donors (Lipinski definition) is 1. The second-order valence-electron chi connectivity index (χ2n) is 7.73. The lowest BCUT2D eigenvalue weighted by atomic mass is 10.0. The highest BCUT2D eigenvalue weighted by atomic mass is 32.2. The smallest absolute Gasteiger partial charge is 0.322 e. The summed E-state index contributed by atoms with van der Waals surface area (Å²) in [4.78, 5) is 12.7. The number of carbonyl (C=O) groups excluding carboxylic acids is 1. The molecule has 1 N–H and O–H groups in total.